The second-order valence-corrected chi connectivity index (χ2v) is 5.81. The first-order valence-corrected chi connectivity index (χ1v) is 7.27. The molecule has 1 amide bonds. The Kier molecular flexibility index (Phi) is 5.04. The number of nitrogens with two attached hydrogens (primary N) is 1. The zero-order chi connectivity index (χ0) is 16.3. The van der Waals surface area contributed by atoms with Crippen LogP contribution in [-0.4, -0.2) is 23.5 Å². The van der Waals surface area contributed by atoms with Crippen LogP contribution in [0.15, 0.2) is 24.3 Å². The molecule has 0 saturated heterocycles. The van der Waals surface area contributed by atoms with Gasteiger partial charge in [-0.15, -0.1) is 11.3 Å². The van der Waals surface area contributed by atoms with Crippen LogP contribution in [0.25, 0.3) is 11.3 Å². The molecule has 0 spiro atoms. The molecule has 118 valence electrons. The molecule has 0 bridgehead atoms. The van der Waals surface area contributed by atoms with E-state index < -0.39 is 12.7 Å². The van der Waals surface area contributed by atoms with Crippen LogP contribution in [0.1, 0.15) is 11.8 Å². The molecule has 5 nitrogen and oxygen atoms in total. The molecule has 8 heteroatoms. The van der Waals surface area contributed by atoms with Crippen LogP contribution in [0.5, 0.6) is 5.75 Å². The molecular weight excluding hydrogens is 312 g/mol. The van der Waals surface area contributed by atoms with E-state index in [9.17, 15) is 13.6 Å². The lowest BCUT2D eigenvalue weighted by atomic mass is 10.1. The molecule has 2 rings (SSSR count). The molecule has 0 aliphatic rings. The van der Waals surface area contributed by atoms with Crippen LogP contribution in [0.3, 0.4) is 0 Å². The number of aromatic nitrogens is 1. The lowest BCUT2D eigenvalue weighted by molar-refractivity contribution is -0.117. The molecule has 0 aliphatic carbocycles. The van der Waals surface area contributed by atoms with Gasteiger partial charge in [-0.2, -0.15) is 8.78 Å². The average molecular weight is 327 g/mol. The van der Waals surface area contributed by atoms with E-state index in [1.165, 1.54) is 23.5 Å². The highest BCUT2D eigenvalue weighted by atomic mass is 32.1. The Morgan fingerprint density at radius 1 is 1.36 bits per heavy atom. The number of nitrogens with one attached hydrogen (secondary N) is 1. The predicted octanol–water partition coefficient (Wildman–Crippen LogP) is 3.01. The molecule has 1 aromatic carbocycles. The number of halogens is 2. The predicted molar refractivity (Wildman–Crippen MR) is 81.2 cm³/mol. The van der Waals surface area contributed by atoms with Crippen molar-refractivity contribution in [2.75, 3.05) is 5.32 Å². The standard InChI is InChI=1S/C14H15F2N3O2S/c1-7(17)12(20)19-14-18-11(8(2)22-14)9-3-5-10(6-4-9)21-13(15)16/h3-7,13H,17H2,1-2H3,(H,18,19,20). The fraction of sp³-hybridized carbons (Fsp3) is 0.286. The quantitative estimate of drug-likeness (QED) is 0.885. The maximum Gasteiger partial charge on any atom is 0.387 e. The van der Waals surface area contributed by atoms with Crippen LogP contribution in [-0.2, 0) is 4.79 Å². The number of alkyl halides is 2. The molecule has 3 N–H and O–H groups in total. The molecule has 1 unspecified atom stereocenters. The summed E-state index contributed by atoms with van der Waals surface area (Å²) in [6.45, 7) is 0.586. The maximum absolute atomic E-state index is 12.1. The second-order valence-electron chi connectivity index (χ2n) is 4.60. The van der Waals surface area contributed by atoms with Crippen molar-refractivity contribution >= 4 is 22.4 Å². The Morgan fingerprint density at radius 3 is 2.55 bits per heavy atom. The number of carbonyl (C=O) groups excluding carboxylic acids is 1. The molecule has 1 atom stereocenters. The third-order valence-corrected chi connectivity index (χ3v) is 3.68. The van der Waals surface area contributed by atoms with Crippen molar-refractivity contribution < 1.29 is 18.3 Å². The lowest BCUT2D eigenvalue weighted by Crippen LogP contribution is -2.32. The summed E-state index contributed by atoms with van der Waals surface area (Å²) in [5, 5.41) is 3.08. The summed E-state index contributed by atoms with van der Waals surface area (Å²) in [4.78, 5) is 16.8. The van der Waals surface area contributed by atoms with Crippen LogP contribution in [0, 0.1) is 6.92 Å². The van der Waals surface area contributed by atoms with E-state index in [2.05, 4.69) is 15.0 Å². The van der Waals surface area contributed by atoms with E-state index >= 15 is 0 Å². The number of ether oxygens (including phenoxy) is 1. The molecule has 0 saturated carbocycles. The number of thiazole rings is 1. The second kappa shape index (κ2) is 6.80. The third-order valence-electron chi connectivity index (χ3n) is 2.79. The van der Waals surface area contributed by atoms with E-state index in [0.717, 1.165) is 10.4 Å². The number of hydrogen-bond donors (Lipinski definition) is 2. The van der Waals surface area contributed by atoms with Gasteiger partial charge in [-0.25, -0.2) is 4.98 Å². The van der Waals surface area contributed by atoms with Crippen molar-refractivity contribution in [2.24, 2.45) is 5.73 Å². The molecule has 1 heterocycles. The van der Waals surface area contributed by atoms with Gasteiger partial charge in [0.15, 0.2) is 5.13 Å². The highest BCUT2D eigenvalue weighted by Gasteiger charge is 2.14. The van der Waals surface area contributed by atoms with E-state index in [4.69, 9.17) is 5.73 Å². The summed E-state index contributed by atoms with van der Waals surface area (Å²) < 4.78 is 28.5. The zero-order valence-corrected chi connectivity index (χ0v) is 12.8. The van der Waals surface area contributed by atoms with E-state index in [1.807, 2.05) is 6.92 Å². The number of rotatable bonds is 5. The number of anilines is 1. The summed E-state index contributed by atoms with van der Waals surface area (Å²) in [6.07, 6.45) is 0. The third kappa shape index (κ3) is 3.99. The highest BCUT2D eigenvalue weighted by Crippen LogP contribution is 2.31. The summed E-state index contributed by atoms with van der Waals surface area (Å²) >= 11 is 1.32. The minimum atomic E-state index is -2.85. The first-order valence-electron chi connectivity index (χ1n) is 6.46. The summed E-state index contributed by atoms with van der Waals surface area (Å²) in [6, 6.07) is 5.54. The Bertz CT molecular complexity index is 657. The van der Waals surface area contributed by atoms with Gasteiger partial charge in [0.2, 0.25) is 5.91 Å². The summed E-state index contributed by atoms with van der Waals surface area (Å²) in [7, 11) is 0. The number of hydrogen-bond acceptors (Lipinski definition) is 5. The fourth-order valence-corrected chi connectivity index (χ4v) is 2.57. The van der Waals surface area contributed by atoms with Gasteiger partial charge in [0.25, 0.3) is 0 Å². The van der Waals surface area contributed by atoms with Crippen LogP contribution < -0.4 is 15.8 Å². The molecule has 0 radical (unpaired) electrons. The first kappa shape index (κ1) is 16.3. The van der Waals surface area contributed by atoms with E-state index in [-0.39, 0.29) is 11.7 Å². The normalized spacial score (nSPS) is 12.3. The number of amides is 1. The van der Waals surface area contributed by atoms with Gasteiger partial charge in [0.05, 0.1) is 11.7 Å². The lowest BCUT2D eigenvalue weighted by Gasteiger charge is -2.05. The van der Waals surface area contributed by atoms with Crippen molar-refractivity contribution in [3.63, 3.8) is 0 Å². The monoisotopic (exact) mass is 327 g/mol. The molecule has 1 aromatic heterocycles. The fourth-order valence-electron chi connectivity index (χ4n) is 1.73. The van der Waals surface area contributed by atoms with Crippen molar-refractivity contribution in [3.05, 3.63) is 29.1 Å². The van der Waals surface area contributed by atoms with Gasteiger partial charge >= 0.3 is 6.61 Å². The number of nitrogens with zero attached hydrogens (tertiary/aromatic N) is 1. The van der Waals surface area contributed by atoms with Crippen LogP contribution in [0.4, 0.5) is 13.9 Å². The Morgan fingerprint density at radius 2 is 2.00 bits per heavy atom. The van der Waals surface area contributed by atoms with Crippen LogP contribution in [0.2, 0.25) is 0 Å². The molecule has 0 aliphatic heterocycles. The van der Waals surface area contributed by atoms with E-state index in [0.29, 0.717) is 10.8 Å². The first-order chi connectivity index (χ1) is 10.4. The Hall–Kier alpha value is -2.06. The van der Waals surface area contributed by atoms with Crippen molar-refractivity contribution in [1.82, 2.24) is 4.98 Å². The minimum Gasteiger partial charge on any atom is -0.435 e. The Balaban J connectivity index is 2.18. The van der Waals surface area contributed by atoms with Crippen LogP contribution >= 0.6 is 11.3 Å². The van der Waals surface area contributed by atoms with Gasteiger partial charge < -0.3 is 15.8 Å². The van der Waals surface area contributed by atoms with Gasteiger partial charge in [-0.05, 0) is 38.1 Å². The van der Waals surface area contributed by atoms with Gasteiger partial charge in [-0.1, -0.05) is 0 Å². The van der Waals surface area contributed by atoms with Crippen molar-refractivity contribution in [2.45, 2.75) is 26.5 Å². The minimum absolute atomic E-state index is 0.0807. The van der Waals surface area contributed by atoms with Crippen molar-refractivity contribution in [1.29, 1.82) is 0 Å². The molecule has 0 fully saturated rings. The van der Waals surface area contributed by atoms with E-state index in [1.54, 1.807) is 19.1 Å². The summed E-state index contributed by atoms with van der Waals surface area (Å²) in [5.74, 6) is -0.238. The zero-order valence-electron chi connectivity index (χ0n) is 12.0. The smallest absolute Gasteiger partial charge is 0.387 e. The number of benzene rings is 1. The highest BCUT2D eigenvalue weighted by molar-refractivity contribution is 7.16. The molecule has 2 aromatic rings. The van der Waals surface area contributed by atoms with Gasteiger partial charge in [-0.3, -0.25) is 4.79 Å². The largest absolute Gasteiger partial charge is 0.435 e. The SMILES string of the molecule is Cc1sc(NC(=O)C(C)N)nc1-c1ccc(OC(F)F)cc1. The van der Waals surface area contributed by atoms with Crippen molar-refractivity contribution in [3.8, 4) is 17.0 Å². The Labute approximate surface area is 130 Å². The van der Waals surface area contributed by atoms with Gasteiger partial charge in [0, 0.05) is 10.4 Å². The number of aryl methyl sites for hydroxylation is 1. The summed E-state index contributed by atoms with van der Waals surface area (Å²) in [5.41, 5.74) is 6.91. The number of carbonyl (C=O) groups is 1. The topological polar surface area (TPSA) is 77.2 Å². The maximum atomic E-state index is 12.1. The molecule has 22 heavy (non-hydrogen) atoms. The molecular formula is C14H15F2N3O2S. The average Bonchev–Trinajstić information content (AvgIpc) is 2.79. The van der Waals surface area contributed by atoms with Gasteiger partial charge in [0.1, 0.15) is 5.75 Å².